The highest BCUT2D eigenvalue weighted by atomic mass is 16.3. The Labute approximate surface area is 152 Å². The number of nitrogens with two attached hydrogens (primary N) is 1. The van der Waals surface area contributed by atoms with Crippen molar-refractivity contribution >= 4 is 10.9 Å². The second-order valence-corrected chi connectivity index (χ2v) is 6.13. The molecule has 0 aliphatic carbocycles. The van der Waals surface area contributed by atoms with E-state index in [-0.39, 0.29) is 6.61 Å². The van der Waals surface area contributed by atoms with Crippen LogP contribution in [-0.2, 0) is 13.2 Å². The van der Waals surface area contributed by atoms with E-state index in [2.05, 4.69) is 35.3 Å². The number of nitrogens with zero attached hydrogens (tertiary/aromatic N) is 2. The van der Waals surface area contributed by atoms with E-state index < -0.39 is 0 Å². The zero-order valence-electron chi connectivity index (χ0n) is 14.3. The largest absolute Gasteiger partial charge is 0.390 e. The smallest absolute Gasteiger partial charge is 0.0859 e. The molecule has 0 saturated carbocycles. The Balaban J connectivity index is 2.00. The third-order valence-corrected chi connectivity index (χ3v) is 4.52. The number of pyridine rings is 2. The van der Waals surface area contributed by atoms with Crippen LogP contribution < -0.4 is 5.73 Å². The molecule has 0 bridgehead atoms. The molecule has 26 heavy (non-hydrogen) atoms. The molecular weight excluding hydrogens is 322 g/mol. The quantitative estimate of drug-likeness (QED) is 0.590. The molecular formula is C22H19N3O. The molecule has 0 unspecified atom stereocenters. The fourth-order valence-corrected chi connectivity index (χ4v) is 3.14. The Morgan fingerprint density at radius 2 is 1.65 bits per heavy atom. The molecule has 0 aliphatic heterocycles. The predicted molar refractivity (Wildman–Crippen MR) is 104 cm³/mol. The van der Waals surface area contributed by atoms with E-state index in [1.54, 1.807) is 6.20 Å². The number of rotatable bonds is 4. The van der Waals surface area contributed by atoms with Gasteiger partial charge in [0.15, 0.2) is 0 Å². The Kier molecular flexibility index (Phi) is 4.44. The van der Waals surface area contributed by atoms with E-state index in [1.807, 2.05) is 36.4 Å². The summed E-state index contributed by atoms with van der Waals surface area (Å²) in [6.07, 6.45) is 1.68. The number of benzene rings is 2. The Hall–Kier alpha value is -3.08. The Morgan fingerprint density at radius 1 is 0.885 bits per heavy atom. The van der Waals surface area contributed by atoms with Gasteiger partial charge in [0.2, 0.25) is 0 Å². The summed E-state index contributed by atoms with van der Waals surface area (Å²) in [7, 11) is 0. The molecule has 3 N–H and O–H groups in total. The lowest BCUT2D eigenvalue weighted by molar-refractivity contribution is 0.278. The van der Waals surface area contributed by atoms with Crippen molar-refractivity contribution in [1.82, 2.24) is 9.97 Å². The van der Waals surface area contributed by atoms with Crippen LogP contribution in [0.1, 0.15) is 11.3 Å². The Bertz CT molecular complexity index is 1040. The van der Waals surface area contributed by atoms with Crippen molar-refractivity contribution in [3.8, 4) is 22.4 Å². The van der Waals surface area contributed by atoms with Gasteiger partial charge in [-0.25, -0.2) is 4.98 Å². The van der Waals surface area contributed by atoms with E-state index in [0.717, 1.165) is 38.9 Å². The number of hydrogen-bond acceptors (Lipinski definition) is 4. The van der Waals surface area contributed by atoms with Crippen LogP contribution in [-0.4, -0.2) is 15.1 Å². The van der Waals surface area contributed by atoms with Crippen molar-refractivity contribution in [1.29, 1.82) is 0 Å². The molecule has 4 rings (SSSR count). The van der Waals surface area contributed by atoms with Gasteiger partial charge in [-0.2, -0.15) is 0 Å². The minimum atomic E-state index is -0.113. The van der Waals surface area contributed by atoms with E-state index in [1.165, 1.54) is 0 Å². The average molecular weight is 341 g/mol. The lowest BCUT2D eigenvalue weighted by atomic mass is 9.96. The van der Waals surface area contributed by atoms with Crippen LogP contribution in [0.15, 0.2) is 72.9 Å². The highest BCUT2D eigenvalue weighted by molar-refractivity contribution is 5.92. The van der Waals surface area contributed by atoms with Gasteiger partial charge in [0, 0.05) is 29.3 Å². The van der Waals surface area contributed by atoms with Gasteiger partial charge in [-0.05, 0) is 23.3 Å². The molecule has 0 aliphatic rings. The Morgan fingerprint density at radius 3 is 2.35 bits per heavy atom. The molecule has 0 saturated heterocycles. The number of fused-ring (bicyclic) bond motifs is 1. The van der Waals surface area contributed by atoms with Crippen LogP contribution in [0, 0.1) is 0 Å². The lowest BCUT2D eigenvalue weighted by Gasteiger charge is -2.13. The van der Waals surface area contributed by atoms with Crippen molar-refractivity contribution in [2.45, 2.75) is 13.2 Å². The first kappa shape index (κ1) is 16.4. The number of hydrogen-bond donors (Lipinski definition) is 2. The van der Waals surface area contributed by atoms with Crippen LogP contribution in [0.25, 0.3) is 33.3 Å². The molecule has 0 atom stereocenters. The van der Waals surface area contributed by atoms with E-state index in [4.69, 9.17) is 10.7 Å². The van der Waals surface area contributed by atoms with Gasteiger partial charge in [-0.3, -0.25) is 4.98 Å². The highest BCUT2D eigenvalue weighted by Gasteiger charge is 2.13. The average Bonchev–Trinajstić information content (AvgIpc) is 2.73. The summed E-state index contributed by atoms with van der Waals surface area (Å²) in [6.45, 7) is 0.403. The number of aliphatic hydroxyl groups is 1. The summed E-state index contributed by atoms with van der Waals surface area (Å²) in [5, 5.41) is 10.5. The SMILES string of the molecule is NCc1ccc(-c2nc3ccnc(CO)c3cc2-c2ccccc2)cc1. The first-order valence-electron chi connectivity index (χ1n) is 8.54. The summed E-state index contributed by atoms with van der Waals surface area (Å²) < 4.78 is 0. The van der Waals surface area contributed by atoms with E-state index >= 15 is 0 Å². The summed E-state index contributed by atoms with van der Waals surface area (Å²) >= 11 is 0. The first-order valence-corrected chi connectivity index (χ1v) is 8.54. The molecule has 4 heteroatoms. The maximum atomic E-state index is 9.64. The number of aromatic nitrogens is 2. The lowest BCUT2D eigenvalue weighted by Crippen LogP contribution is -1.98. The molecule has 128 valence electrons. The van der Waals surface area contributed by atoms with E-state index in [9.17, 15) is 5.11 Å². The molecule has 2 aromatic carbocycles. The topological polar surface area (TPSA) is 72.0 Å². The van der Waals surface area contributed by atoms with Gasteiger partial charge < -0.3 is 10.8 Å². The summed E-state index contributed by atoms with van der Waals surface area (Å²) in [6, 6.07) is 22.3. The molecule has 0 radical (unpaired) electrons. The van der Waals surface area contributed by atoms with Gasteiger partial charge in [-0.15, -0.1) is 0 Å². The van der Waals surface area contributed by atoms with Gasteiger partial charge in [0.1, 0.15) is 0 Å². The van der Waals surface area contributed by atoms with Crippen molar-refractivity contribution in [2.75, 3.05) is 0 Å². The van der Waals surface area contributed by atoms with Crippen molar-refractivity contribution in [3.63, 3.8) is 0 Å². The van der Waals surface area contributed by atoms with Crippen LogP contribution in [0.4, 0.5) is 0 Å². The molecule has 4 nitrogen and oxygen atoms in total. The summed E-state index contributed by atoms with van der Waals surface area (Å²) in [5.74, 6) is 0. The van der Waals surface area contributed by atoms with Gasteiger partial charge >= 0.3 is 0 Å². The second kappa shape index (κ2) is 7.04. The van der Waals surface area contributed by atoms with Gasteiger partial charge in [0.25, 0.3) is 0 Å². The zero-order chi connectivity index (χ0) is 17.9. The molecule has 0 spiro atoms. The number of aliphatic hydroxyl groups excluding tert-OH is 1. The fourth-order valence-electron chi connectivity index (χ4n) is 3.14. The minimum absolute atomic E-state index is 0.113. The second-order valence-electron chi connectivity index (χ2n) is 6.13. The van der Waals surface area contributed by atoms with Crippen LogP contribution in [0.3, 0.4) is 0 Å². The van der Waals surface area contributed by atoms with Crippen LogP contribution >= 0.6 is 0 Å². The third-order valence-electron chi connectivity index (χ3n) is 4.52. The standard InChI is InChI=1S/C22H19N3O/c23-13-15-6-8-17(9-7-15)22-18(16-4-2-1-3-5-16)12-19-20(25-22)10-11-24-21(19)14-26/h1-12,26H,13-14,23H2. The fraction of sp³-hybridized carbons (Fsp3) is 0.0909. The molecule has 4 aromatic rings. The maximum Gasteiger partial charge on any atom is 0.0859 e. The van der Waals surface area contributed by atoms with Crippen molar-refractivity contribution in [2.24, 2.45) is 5.73 Å². The molecule has 0 amide bonds. The predicted octanol–water partition coefficient (Wildman–Crippen LogP) is 3.91. The molecule has 2 aromatic heterocycles. The van der Waals surface area contributed by atoms with Crippen molar-refractivity contribution in [3.05, 3.63) is 84.2 Å². The normalized spacial score (nSPS) is 11.0. The van der Waals surface area contributed by atoms with E-state index in [0.29, 0.717) is 12.2 Å². The first-order chi connectivity index (χ1) is 12.8. The zero-order valence-corrected chi connectivity index (χ0v) is 14.3. The van der Waals surface area contributed by atoms with Gasteiger partial charge in [0.05, 0.1) is 23.5 Å². The summed E-state index contributed by atoms with van der Waals surface area (Å²) in [5.41, 5.74) is 12.3. The third kappa shape index (κ3) is 2.96. The molecule has 0 fully saturated rings. The maximum absolute atomic E-state index is 9.64. The highest BCUT2D eigenvalue weighted by Crippen LogP contribution is 2.34. The van der Waals surface area contributed by atoms with Gasteiger partial charge in [-0.1, -0.05) is 54.6 Å². The monoisotopic (exact) mass is 341 g/mol. The molecule has 2 heterocycles. The van der Waals surface area contributed by atoms with Crippen LogP contribution in [0.5, 0.6) is 0 Å². The van der Waals surface area contributed by atoms with Crippen LogP contribution in [0.2, 0.25) is 0 Å². The van der Waals surface area contributed by atoms with Crippen molar-refractivity contribution < 1.29 is 5.11 Å². The minimum Gasteiger partial charge on any atom is -0.390 e. The summed E-state index contributed by atoms with van der Waals surface area (Å²) in [4.78, 5) is 9.18.